The minimum Gasteiger partial charge on any atom is -0.852 e. The van der Waals surface area contributed by atoms with E-state index in [4.69, 9.17) is 4.74 Å². The van der Waals surface area contributed by atoms with Gasteiger partial charge in [-0.2, -0.15) is 0 Å². The Hall–Kier alpha value is -0.0800. The molecule has 2 heteroatoms. The third-order valence-corrected chi connectivity index (χ3v) is 0.655. The van der Waals surface area contributed by atoms with Gasteiger partial charge in [-0.1, -0.05) is 41.0 Å². The molecule has 0 aromatic carbocycles. The smallest absolute Gasteiger partial charge is 0.0518 e. The maximum absolute atomic E-state index is 9.53. The maximum atomic E-state index is 9.53. The lowest BCUT2D eigenvalue weighted by atomic mass is 10.4. The van der Waals surface area contributed by atoms with Gasteiger partial charge in [-0.05, 0) is 20.3 Å². The average molecular weight is 205 g/mol. The predicted octanol–water partition coefficient (Wildman–Crippen LogP) is 2.99. The summed E-state index contributed by atoms with van der Waals surface area (Å²) in [4.78, 5) is 0. The molecule has 2 nitrogen and oxygen atoms in total. The van der Waals surface area contributed by atoms with Gasteiger partial charge in [0.25, 0.3) is 0 Å². The highest BCUT2D eigenvalue weighted by molar-refractivity contribution is 4.33. The lowest BCUT2D eigenvalue weighted by Gasteiger charge is -2.03. The Kier molecular flexibility index (Phi) is 26.0. The van der Waals surface area contributed by atoms with Crippen molar-refractivity contribution >= 4 is 0 Å². The highest BCUT2D eigenvalue weighted by Crippen LogP contribution is 1.87. The van der Waals surface area contributed by atoms with Crippen molar-refractivity contribution in [2.75, 3.05) is 6.61 Å². The fraction of sp³-hybridized carbons (Fsp3) is 1.00. The zero-order valence-corrected chi connectivity index (χ0v) is 11.1. The third-order valence-electron chi connectivity index (χ3n) is 0.655. The molecule has 0 atom stereocenters. The molecule has 0 aromatic rings. The Balaban J connectivity index is -0.000000147. The van der Waals surface area contributed by atoms with Gasteiger partial charge in [0.2, 0.25) is 0 Å². The van der Waals surface area contributed by atoms with Gasteiger partial charge in [-0.25, -0.2) is 0 Å². The molecule has 0 bridgehead atoms. The molecular weight excluding hydrogens is 176 g/mol. The Morgan fingerprint density at radius 3 is 1.36 bits per heavy atom. The molecule has 0 saturated heterocycles. The van der Waals surface area contributed by atoms with Crippen LogP contribution in [0.2, 0.25) is 0 Å². The molecule has 14 heavy (non-hydrogen) atoms. The van der Waals surface area contributed by atoms with E-state index >= 15 is 0 Å². The summed E-state index contributed by atoms with van der Waals surface area (Å²) in [5.74, 6) is 0. The van der Waals surface area contributed by atoms with E-state index in [1.807, 2.05) is 0 Å². The van der Waals surface area contributed by atoms with E-state index in [1.165, 1.54) is 6.42 Å². The van der Waals surface area contributed by atoms with Crippen molar-refractivity contribution in [3.05, 3.63) is 0 Å². The highest BCUT2D eigenvalue weighted by Gasteiger charge is 1.86. The second-order valence-corrected chi connectivity index (χ2v) is 3.68. The van der Waals surface area contributed by atoms with Crippen LogP contribution < -0.4 is 5.11 Å². The fourth-order valence-corrected chi connectivity index (χ4v) is 0.354. The van der Waals surface area contributed by atoms with Crippen LogP contribution in [-0.4, -0.2) is 18.8 Å². The first-order valence-electron chi connectivity index (χ1n) is 5.69. The molecule has 0 fully saturated rings. The maximum Gasteiger partial charge on any atom is 0.0518 e. The quantitative estimate of drug-likeness (QED) is 0.709. The van der Waals surface area contributed by atoms with Crippen LogP contribution in [0, 0.1) is 0 Å². The molecule has 0 unspecified atom stereocenters. The first-order valence-corrected chi connectivity index (χ1v) is 5.69. The molecule has 0 rings (SSSR count). The summed E-state index contributed by atoms with van der Waals surface area (Å²) in [6.07, 6.45) is 2.36. The Morgan fingerprint density at radius 1 is 1.00 bits per heavy atom. The van der Waals surface area contributed by atoms with Crippen LogP contribution in [-0.2, 0) is 4.74 Å². The van der Waals surface area contributed by atoms with Crippen LogP contribution in [0.3, 0.4) is 0 Å². The summed E-state index contributed by atoms with van der Waals surface area (Å²) < 4.78 is 5.19. The van der Waals surface area contributed by atoms with E-state index < -0.39 is 6.10 Å². The Morgan fingerprint density at radius 2 is 1.29 bits per heavy atom. The number of hydrogen-bond donors (Lipinski definition) is 0. The van der Waals surface area contributed by atoms with Crippen molar-refractivity contribution < 1.29 is 9.84 Å². The number of hydrogen-bond acceptors (Lipinski definition) is 2. The van der Waals surface area contributed by atoms with Crippen molar-refractivity contribution in [2.45, 2.75) is 73.5 Å². The predicted molar refractivity (Wildman–Crippen MR) is 62.5 cm³/mol. The van der Waals surface area contributed by atoms with Crippen molar-refractivity contribution in [2.24, 2.45) is 0 Å². The molecular formula is C12H29O2-. The summed E-state index contributed by atoms with van der Waals surface area (Å²) in [6, 6.07) is 0. The summed E-state index contributed by atoms with van der Waals surface area (Å²) in [5, 5.41) is 9.53. The Bertz CT molecular complexity index is 68.0. The first-order chi connectivity index (χ1) is 6.42. The van der Waals surface area contributed by atoms with Gasteiger partial charge >= 0.3 is 0 Å². The lowest BCUT2D eigenvalue weighted by molar-refractivity contribution is -0.407. The molecule has 0 aromatic heterocycles. The van der Waals surface area contributed by atoms with E-state index in [1.54, 1.807) is 13.8 Å². The van der Waals surface area contributed by atoms with Crippen LogP contribution in [0.15, 0.2) is 0 Å². The van der Waals surface area contributed by atoms with Crippen molar-refractivity contribution in [1.82, 2.24) is 0 Å². The molecule has 0 spiro atoms. The SMILES string of the molecule is CC(C)[O-].CCC.CCCOC(C)C. The van der Waals surface area contributed by atoms with Crippen LogP contribution in [0.5, 0.6) is 0 Å². The van der Waals surface area contributed by atoms with Gasteiger partial charge in [0.1, 0.15) is 0 Å². The van der Waals surface area contributed by atoms with Crippen LogP contribution in [0.25, 0.3) is 0 Å². The zero-order valence-electron chi connectivity index (χ0n) is 11.1. The lowest BCUT2D eigenvalue weighted by Crippen LogP contribution is -2.14. The summed E-state index contributed by atoms with van der Waals surface area (Å²) in [5.41, 5.74) is 0. The Labute approximate surface area is 90.7 Å². The minimum atomic E-state index is -0.417. The summed E-state index contributed by atoms with van der Waals surface area (Å²) in [7, 11) is 0. The van der Waals surface area contributed by atoms with Gasteiger partial charge in [0.15, 0.2) is 0 Å². The third kappa shape index (κ3) is 92.5. The topological polar surface area (TPSA) is 32.3 Å². The van der Waals surface area contributed by atoms with Crippen molar-refractivity contribution in [3.63, 3.8) is 0 Å². The molecule has 0 saturated carbocycles. The summed E-state index contributed by atoms with van der Waals surface area (Å²) >= 11 is 0. The van der Waals surface area contributed by atoms with Crippen molar-refractivity contribution in [1.29, 1.82) is 0 Å². The number of rotatable bonds is 3. The molecule has 0 aliphatic carbocycles. The molecule has 0 radical (unpaired) electrons. The van der Waals surface area contributed by atoms with E-state index in [0.29, 0.717) is 6.10 Å². The number of ether oxygens (including phenoxy) is 1. The molecule has 0 aliphatic heterocycles. The van der Waals surface area contributed by atoms with Gasteiger partial charge < -0.3 is 9.84 Å². The monoisotopic (exact) mass is 205 g/mol. The van der Waals surface area contributed by atoms with Crippen LogP contribution in [0.1, 0.15) is 61.3 Å². The first kappa shape index (κ1) is 19.5. The van der Waals surface area contributed by atoms with Crippen LogP contribution >= 0.6 is 0 Å². The van der Waals surface area contributed by atoms with Gasteiger partial charge in [0, 0.05) is 6.61 Å². The highest BCUT2D eigenvalue weighted by atomic mass is 16.5. The van der Waals surface area contributed by atoms with Gasteiger partial charge in [0.05, 0.1) is 6.10 Å². The minimum absolute atomic E-state index is 0.403. The average Bonchev–Trinajstić information content (AvgIpc) is 2.01. The van der Waals surface area contributed by atoms with Crippen molar-refractivity contribution in [3.8, 4) is 0 Å². The normalized spacial score (nSPS) is 9.00. The van der Waals surface area contributed by atoms with Gasteiger partial charge in [-0.15, -0.1) is 6.10 Å². The standard InChI is InChI=1S/C6H14O.C3H7O.C3H8/c1-4-5-7-6(2)3;1-3(2)4;1-3-2/h6H,4-5H2,1-3H3;3H,1-2H3;3H2,1-2H3/q;-1;. The molecule has 0 amide bonds. The second kappa shape index (κ2) is 18.7. The molecule has 0 aliphatic rings. The fourth-order valence-electron chi connectivity index (χ4n) is 0.354. The van der Waals surface area contributed by atoms with E-state index in [-0.39, 0.29) is 0 Å². The van der Waals surface area contributed by atoms with E-state index in [0.717, 1.165) is 13.0 Å². The van der Waals surface area contributed by atoms with E-state index in [2.05, 4.69) is 34.6 Å². The molecule has 90 valence electrons. The zero-order chi connectivity index (χ0) is 12.0. The summed E-state index contributed by atoms with van der Waals surface area (Å²) in [6.45, 7) is 14.6. The van der Waals surface area contributed by atoms with Gasteiger partial charge in [-0.3, -0.25) is 0 Å². The second-order valence-electron chi connectivity index (χ2n) is 3.68. The molecule has 0 N–H and O–H groups in total. The van der Waals surface area contributed by atoms with Crippen LogP contribution in [0.4, 0.5) is 0 Å². The largest absolute Gasteiger partial charge is 0.852 e. The molecule has 0 heterocycles. The van der Waals surface area contributed by atoms with E-state index in [9.17, 15) is 5.11 Å².